The van der Waals surface area contributed by atoms with Crippen molar-refractivity contribution in [3.8, 4) is 0 Å². The predicted molar refractivity (Wildman–Crippen MR) is 81.3 cm³/mol. The molecule has 4 atom stereocenters. The van der Waals surface area contributed by atoms with Crippen molar-refractivity contribution in [1.82, 2.24) is 5.32 Å². The highest BCUT2D eigenvalue weighted by Crippen LogP contribution is 2.44. The van der Waals surface area contributed by atoms with E-state index in [1.807, 2.05) is 0 Å². The third-order valence-corrected chi connectivity index (χ3v) is 5.34. The molecular weight excluding hydrogens is 234 g/mol. The number of hydrogen-bond donors (Lipinski definition) is 1. The Balaban J connectivity index is 1.80. The molecule has 2 saturated carbocycles. The van der Waals surface area contributed by atoms with Crippen LogP contribution in [0, 0.1) is 17.3 Å². The second kappa shape index (κ2) is 6.13. The molecule has 0 heterocycles. The molecule has 0 aliphatic heterocycles. The first-order valence-corrected chi connectivity index (χ1v) is 8.29. The Morgan fingerprint density at radius 2 is 1.89 bits per heavy atom. The molecule has 2 aliphatic carbocycles. The minimum absolute atomic E-state index is 0.298. The molecule has 2 nitrogen and oxygen atoms in total. The summed E-state index contributed by atoms with van der Waals surface area (Å²) >= 11 is 0. The highest BCUT2D eigenvalue weighted by molar-refractivity contribution is 5.04. The summed E-state index contributed by atoms with van der Waals surface area (Å²) in [4.78, 5) is 0. The van der Waals surface area contributed by atoms with E-state index in [-0.39, 0.29) is 0 Å². The lowest BCUT2D eigenvalue weighted by molar-refractivity contribution is -0.127. The molecular formula is C17H33NO. The molecule has 2 fully saturated rings. The minimum atomic E-state index is 0.298. The van der Waals surface area contributed by atoms with Crippen LogP contribution in [0.5, 0.6) is 0 Å². The maximum Gasteiger partial charge on any atom is 0.0656 e. The van der Waals surface area contributed by atoms with Gasteiger partial charge in [0.1, 0.15) is 0 Å². The molecule has 0 aromatic rings. The molecule has 0 aromatic carbocycles. The van der Waals surface area contributed by atoms with Crippen molar-refractivity contribution < 1.29 is 4.74 Å². The zero-order valence-electron chi connectivity index (χ0n) is 13.5. The largest absolute Gasteiger partial charge is 0.377 e. The first kappa shape index (κ1) is 15.3. The fourth-order valence-electron chi connectivity index (χ4n) is 3.58. The van der Waals surface area contributed by atoms with Crippen LogP contribution in [0.3, 0.4) is 0 Å². The fourth-order valence-corrected chi connectivity index (χ4v) is 3.58. The summed E-state index contributed by atoms with van der Waals surface area (Å²) in [6.07, 6.45) is 7.24. The molecule has 4 unspecified atom stereocenters. The van der Waals surface area contributed by atoms with Gasteiger partial charge in [0.15, 0.2) is 0 Å². The second-order valence-corrected chi connectivity index (χ2v) is 7.86. The first-order valence-electron chi connectivity index (χ1n) is 8.29. The van der Waals surface area contributed by atoms with Crippen LogP contribution in [-0.2, 0) is 4.74 Å². The SMILES string of the molecule is CC(C)COC1CC(NC2CCCCC2C)C1(C)C. The molecule has 0 saturated heterocycles. The summed E-state index contributed by atoms with van der Waals surface area (Å²) in [7, 11) is 0. The van der Waals surface area contributed by atoms with Crippen LogP contribution in [0.1, 0.15) is 66.7 Å². The Hall–Kier alpha value is -0.0800. The van der Waals surface area contributed by atoms with E-state index in [1.165, 1.54) is 32.1 Å². The zero-order valence-corrected chi connectivity index (χ0v) is 13.5. The molecule has 0 amide bonds. The van der Waals surface area contributed by atoms with E-state index >= 15 is 0 Å². The lowest BCUT2D eigenvalue weighted by Gasteiger charge is -2.54. The molecule has 2 heteroatoms. The monoisotopic (exact) mass is 267 g/mol. The Kier molecular flexibility index (Phi) is 4.94. The normalized spacial score (nSPS) is 38.2. The van der Waals surface area contributed by atoms with E-state index in [0.717, 1.165) is 18.6 Å². The zero-order chi connectivity index (χ0) is 14.0. The van der Waals surface area contributed by atoms with Crippen molar-refractivity contribution in [2.45, 2.75) is 84.9 Å². The van der Waals surface area contributed by atoms with Crippen molar-refractivity contribution in [3.05, 3.63) is 0 Å². The lowest BCUT2D eigenvalue weighted by Crippen LogP contribution is -2.63. The molecule has 0 spiro atoms. The van der Waals surface area contributed by atoms with Gasteiger partial charge in [-0.15, -0.1) is 0 Å². The first-order chi connectivity index (χ1) is 8.91. The molecule has 19 heavy (non-hydrogen) atoms. The highest BCUT2D eigenvalue weighted by Gasteiger charge is 2.49. The summed E-state index contributed by atoms with van der Waals surface area (Å²) in [6, 6.07) is 1.39. The molecule has 0 bridgehead atoms. The van der Waals surface area contributed by atoms with Crippen molar-refractivity contribution in [3.63, 3.8) is 0 Å². The topological polar surface area (TPSA) is 21.3 Å². The van der Waals surface area contributed by atoms with Gasteiger partial charge < -0.3 is 10.1 Å². The van der Waals surface area contributed by atoms with Crippen LogP contribution in [0.15, 0.2) is 0 Å². The van der Waals surface area contributed by atoms with Gasteiger partial charge >= 0.3 is 0 Å². The van der Waals surface area contributed by atoms with E-state index in [9.17, 15) is 0 Å². The van der Waals surface area contributed by atoms with Crippen molar-refractivity contribution in [2.75, 3.05) is 6.61 Å². The highest BCUT2D eigenvalue weighted by atomic mass is 16.5. The number of hydrogen-bond acceptors (Lipinski definition) is 2. The van der Waals surface area contributed by atoms with Crippen LogP contribution in [0.2, 0.25) is 0 Å². The Labute approximate surface area is 119 Å². The number of ether oxygens (including phenoxy) is 1. The summed E-state index contributed by atoms with van der Waals surface area (Å²) in [5.74, 6) is 1.49. The predicted octanol–water partition coefficient (Wildman–Crippen LogP) is 3.99. The summed E-state index contributed by atoms with van der Waals surface area (Å²) in [5, 5.41) is 3.93. The Morgan fingerprint density at radius 3 is 2.47 bits per heavy atom. The van der Waals surface area contributed by atoms with Crippen LogP contribution >= 0.6 is 0 Å². The number of nitrogens with one attached hydrogen (secondary N) is 1. The van der Waals surface area contributed by atoms with Crippen LogP contribution in [-0.4, -0.2) is 24.8 Å². The Morgan fingerprint density at radius 1 is 1.21 bits per heavy atom. The van der Waals surface area contributed by atoms with Crippen LogP contribution in [0.4, 0.5) is 0 Å². The molecule has 0 radical (unpaired) electrons. The van der Waals surface area contributed by atoms with Gasteiger partial charge in [0.2, 0.25) is 0 Å². The lowest BCUT2D eigenvalue weighted by atomic mass is 9.63. The van der Waals surface area contributed by atoms with Gasteiger partial charge in [-0.05, 0) is 31.1 Å². The van der Waals surface area contributed by atoms with Gasteiger partial charge in [0.25, 0.3) is 0 Å². The van der Waals surface area contributed by atoms with Gasteiger partial charge in [-0.2, -0.15) is 0 Å². The third-order valence-electron chi connectivity index (χ3n) is 5.34. The quantitative estimate of drug-likeness (QED) is 0.813. The van der Waals surface area contributed by atoms with E-state index in [4.69, 9.17) is 4.74 Å². The average Bonchev–Trinajstić information content (AvgIpc) is 2.34. The maximum absolute atomic E-state index is 6.06. The third kappa shape index (κ3) is 3.52. The van der Waals surface area contributed by atoms with Gasteiger partial charge in [-0.1, -0.05) is 47.5 Å². The fraction of sp³-hybridized carbons (Fsp3) is 1.00. The van der Waals surface area contributed by atoms with Crippen LogP contribution in [0.25, 0.3) is 0 Å². The summed E-state index contributed by atoms with van der Waals surface area (Å²) in [5.41, 5.74) is 0.298. The van der Waals surface area contributed by atoms with E-state index in [1.54, 1.807) is 0 Å². The van der Waals surface area contributed by atoms with Crippen LogP contribution < -0.4 is 5.32 Å². The van der Waals surface area contributed by atoms with Gasteiger partial charge in [0.05, 0.1) is 6.10 Å². The molecule has 112 valence electrons. The maximum atomic E-state index is 6.06. The smallest absolute Gasteiger partial charge is 0.0656 e. The van der Waals surface area contributed by atoms with E-state index in [2.05, 4.69) is 39.9 Å². The second-order valence-electron chi connectivity index (χ2n) is 7.86. The Bertz CT molecular complexity index is 287. The van der Waals surface area contributed by atoms with Crippen molar-refractivity contribution in [2.24, 2.45) is 17.3 Å². The van der Waals surface area contributed by atoms with E-state index < -0.39 is 0 Å². The summed E-state index contributed by atoms with van der Waals surface area (Å²) in [6.45, 7) is 12.5. The molecule has 2 aliphatic rings. The summed E-state index contributed by atoms with van der Waals surface area (Å²) < 4.78 is 6.06. The van der Waals surface area contributed by atoms with Gasteiger partial charge in [0, 0.05) is 24.1 Å². The van der Waals surface area contributed by atoms with Gasteiger partial charge in [-0.25, -0.2) is 0 Å². The van der Waals surface area contributed by atoms with Crippen molar-refractivity contribution in [1.29, 1.82) is 0 Å². The minimum Gasteiger partial charge on any atom is -0.377 e. The molecule has 0 aromatic heterocycles. The number of rotatable bonds is 5. The molecule has 2 rings (SSSR count). The van der Waals surface area contributed by atoms with Crippen molar-refractivity contribution >= 4 is 0 Å². The van der Waals surface area contributed by atoms with E-state index in [0.29, 0.717) is 23.5 Å². The average molecular weight is 267 g/mol. The molecule has 1 N–H and O–H groups in total. The standard InChI is InChI=1S/C17H33NO/c1-12(2)11-19-16-10-15(17(16,4)5)18-14-9-7-6-8-13(14)3/h12-16,18H,6-11H2,1-5H3. The van der Waals surface area contributed by atoms with Gasteiger partial charge in [-0.3, -0.25) is 0 Å².